The molecule has 4 saturated carbocycles. The fourth-order valence-corrected chi connectivity index (χ4v) is 15.7. The van der Waals surface area contributed by atoms with Gasteiger partial charge >= 0.3 is 0 Å². The monoisotopic (exact) mass is 1060 g/mol. The van der Waals surface area contributed by atoms with Crippen molar-refractivity contribution in [2.75, 3.05) is 33.0 Å². The van der Waals surface area contributed by atoms with Crippen LogP contribution in [0.4, 0.5) is 0 Å². The highest BCUT2D eigenvalue weighted by Crippen LogP contribution is 2.70. The summed E-state index contributed by atoms with van der Waals surface area (Å²) in [5.41, 5.74) is -0.799. The number of aliphatic hydroxyl groups excluding tert-OH is 13. The summed E-state index contributed by atoms with van der Waals surface area (Å²) in [4.78, 5) is 14.7. The molecule has 6 heterocycles. The van der Waals surface area contributed by atoms with Crippen LogP contribution in [0.3, 0.4) is 0 Å². The number of carbonyl (C=O) groups excluding carboxylic acids is 1. The third-order valence-electron chi connectivity index (χ3n) is 19.9. The molecule has 0 bridgehead atoms. The zero-order valence-electron chi connectivity index (χ0n) is 42.2. The maximum atomic E-state index is 14.7. The van der Waals surface area contributed by atoms with Crippen LogP contribution in [0.5, 0.6) is 0 Å². The average molecular weight is 1070 g/mol. The van der Waals surface area contributed by atoms with E-state index in [1.54, 1.807) is 0 Å². The number of ether oxygens (including phenoxy) is 10. The normalized spacial score (nSPS) is 57.6. The van der Waals surface area contributed by atoms with Crippen molar-refractivity contribution in [1.29, 1.82) is 0 Å². The van der Waals surface area contributed by atoms with Crippen LogP contribution < -0.4 is 0 Å². The molecule has 6 aliphatic heterocycles. The highest BCUT2D eigenvalue weighted by atomic mass is 16.8. The van der Waals surface area contributed by atoms with E-state index in [0.717, 1.165) is 25.7 Å². The Hall–Kier alpha value is -1.25. The summed E-state index contributed by atoms with van der Waals surface area (Å²) in [7, 11) is 0. The summed E-state index contributed by atoms with van der Waals surface area (Å²) in [6.07, 6.45) is -29.5. The summed E-state index contributed by atoms with van der Waals surface area (Å²) < 4.78 is 60.8. The van der Waals surface area contributed by atoms with E-state index < -0.39 is 167 Å². The number of fused-ring (bicyclic) bond motifs is 7. The Balaban J connectivity index is 0.820. The lowest BCUT2D eigenvalue weighted by molar-refractivity contribution is -0.404. The minimum atomic E-state index is -2.02. The van der Waals surface area contributed by atoms with Crippen molar-refractivity contribution >= 4 is 5.78 Å². The van der Waals surface area contributed by atoms with Crippen LogP contribution >= 0.6 is 0 Å². The van der Waals surface area contributed by atoms with E-state index in [-0.39, 0.29) is 52.8 Å². The Morgan fingerprint density at radius 1 is 0.595 bits per heavy atom. The van der Waals surface area contributed by atoms with Crippen molar-refractivity contribution in [2.24, 2.45) is 52.3 Å². The van der Waals surface area contributed by atoms with Crippen molar-refractivity contribution in [1.82, 2.24) is 0 Å². The second kappa shape index (κ2) is 21.3. The van der Waals surface area contributed by atoms with Gasteiger partial charge in [0.15, 0.2) is 30.9 Å². The molecular formula is C50H80O24. The molecule has 10 fully saturated rings. The van der Waals surface area contributed by atoms with Crippen molar-refractivity contribution in [3.8, 4) is 0 Å². The van der Waals surface area contributed by atoms with Crippen LogP contribution in [-0.2, 0) is 52.2 Å². The van der Waals surface area contributed by atoms with E-state index in [4.69, 9.17) is 47.4 Å². The van der Waals surface area contributed by atoms with Crippen LogP contribution in [-0.4, -0.2) is 246 Å². The molecule has 0 aromatic heterocycles. The number of aliphatic hydroxyl groups is 13. The van der Waals surface area contributed by atoms with Crippen molar-refractivity contribution in [3.63, 3.8) is 0 Å². The number of ketones is 1. The molecule has 0 aromatic carbocycles. The van der Waals surface area contributed by atoms with Crippen LogP contribution in [0.25, 0.3) is 0 Å². The quantitative estimate of drug-likeness (QED) is 0.0874. The lowest BCUT2D eigenvalue weighted by atomic mass is 9.44. The number of Topliss-reactive ketones (excluding diaryl/α,β-unsaturated/α-hetero) is 1. The summed E-state index contributed by atoms with van der Waals surface area (Å²) in [5, 5.41) is 141. The van der Waals surface area contributed by atoms with Gasteiger partial charge in [0.1, 0.15) is 103 Å². The minimum absolute atomic E-state index is 0.0646. The number of hydrogen-bond acceptors (Lipinski definition) is 24. The van der Waals surface area contributed by atoms with Gasteiger partial charge in [-0.25, -0.2) is 0 Å². The number of carbonyl (C=O) groups is 1. The molecule has 0 aromatic rings. The first-order valence-corrected chi connectivity index (χ1v) is 26.8. The first-order chi connectivity index (χ1) is 35.1. The van der Waals surface area contributed by atoms with Gasteiger partial charge in [0, 0.05) is 23.7 Å². The third kappa shape index (κ3) is 9.17. The second-order valence-corrected chi connectivity index (χ2v) is 23.9. The fraction of sp³-hybridized carbons (Fsp3) is 0.980. The Bertz CT molecular complexity index is 1950. The predicted molar refractivity (Wildman–Crippen MR) is 244 cm³/mol. The SMILES string of the molecule is C[C@H]1COC2(OC3CC4C5CCC6C[C@@H](O[C@@H]7OC(CO)[C@H](O[C@@H]8OC(CO)[C@@H](O)C(O[C@@H]9OC[C@@H](O)C(O)[C@@H]9O)[C@@H]8O[C@@H]8OC(CO)[C@@H](O)C(O)[C@@H]8O)C(O)[C@@H]7O)CC[C@]6(C)C5CC(=O)[C@]4(C)C3[C@@H]2C)[C@@H](O)C1. The molecule has 14 unspecified atom stereocenters. The molecule has 6 saturated heterocycles. The van der Waals surface area contributed by atoms with Gasteiger partial charge in [-0.2, -0.15) is 0 Å². The first kappa shape index (κ1) is 56.0. The largest absolute Gasteiger partial charge is 0.394 e. The fourth-order valence-electron chi connectivity index (χ4n) is 15.7. The van der Waals surface area contributed by atoms with Gasteiger partial charge in [0.25, 0.3) is 0 Å². The van der Waals surface area contributed by atoms with Crippen molar-refractivity contribution in [2.45, 2.75) is 220 Å². The Morgan fingerprint density at radius 3 is 1.92 bits per heavy atom. The molecule has 4 aliphatic carbocycles. The smallest absolute Gasteiger partial charge is 0.197 e. The molecule has 0 radical (unpaired) electrons. The predicted octanol–water partition coefficient (Wildman–Crippen LogP) is -4.12. The van der Waals surface area contributed by atoms with Crippen LogP contribution in [0.2, 0.25) is 0 Å². The highest BCUT2D eigenvalue weighted by molar-refractivity contribution is 5.87. The Morgan fingerprint density at radius 2 is 1.22 bits per heavy atom. The van der Waals surface area contributed by atoms with Gasteiger partial charge in [-0.3, -0.25) is 4.79 Å². The van der Waals surface area contributed by atoms with Gasteiger partial charge in [-0.05, 0) is 80.0 Å². The molecule has 1 spiro atoms. The summed E-state index contributed by atoms with van der Waals surface area (Å²) in [5.74, 6) is -0.145. The minimum Gasteiger partial charge on any atom is -0.394 e. The lowest BCUT2D eigenvalue weighted by Gasteiger charge is -2.61. The molecule has 13 N–H and O–H groups in total. The van der Waals surface area contributed by atoms with Gasteiger partial charge in [-0.1, -0.05) is 27.7 Å². The average Bonchev–Trinajstić information content (AvgIpc) is 3.84. The van der Waals surface area contributed by atoms with Crippen molar-refractivity contribution in [3.05, 3.63) is 0 Å². The molecule has 424 valence electrons. The van der Waals surface area contributed by atoms with Crippen LogP contribution in [0.1, 0.15) is 79.1 Å². The van der Waals surface area contributed by atoms with Gasteiger partial charge in [0.2, 0.25) is 0 Å². The Labute approximate surface area is 428 Å². The summed E-state index contributed by atoms with van der Waals surface area (Å²) in [6.45, 7) is 5.97. The number of hydrogen-bond donors (Lipinski definition) is 13. The van der Waals surface area contributed by atoms with Crippen LogP contribution in [0, 0.1) is 52.3 Å². The van der Waals surface area contributed by atoms with Crippen LogP contribution in [0.15, 0.2) is 0 Å². The molecule has 32 atom stereocenters. The van der Waals surface area contributed by atoms with E-state index in [9.17, 15) is 71.2 Å². The lowest BCUT2D eigenvalue weighted by Crippen LogP contribution is -2.68. The Kier molecular flexibility index (Phi) is 16.2. The third-order valence-corrected chi connectivity index (χ3v) is 19.9. The van der Waals surface area contributed by atoms with E-state index in [1.165, 1.54) is 0 Å². The molecule has 24 heteroatoms. The molecular weight excluding hydrogens is 985 g/mol. The van der Waals surface area contributed by atoms with E-state index in [1.807, 2.05) is 0 Å². The topological polar surface area (TPSA) is 372 Å². The zero-order valence-corrected chi connectivity index (χ0v) is 42.2. The standard InChI is InChI=1S/C50H80O24/c1-18-9-31(56)50(66-16-18)19(2)32-26(74-50)11-24-22-6-5-20-10-21(7-8-48(20,3)23(22)12-30(55)49(24,32)4)67-45-40(64)37(61)41(29(15-53)70-45)71-47-43(73-46-39(63)36(60)34(58)27(13-51)68-46)42(35(59)28(14-52)69-47)72-44-38(62)33(57)25(54)17-65-44/h18-29,31-47,51-54,56-64H,5-17H2,1-4H3/t18-,19+,20?,21+,22?,23?,24?,25-,26?,27?,28?,29?,31+,32?,33?,34-,35-,36?,37?,38+,39+,40+,41+,42?,43+,44+,45-,46+,47+,48+,49-,50?/m1/s1. The summed E-state index contributed by atoms with van der Waals surface area (Å²) in [6, 6.07) is 0. The van der Waals surface area contributed by atoms with E-state index in [2.05, 4.69) is 27.7 Å². The van der Waals surface area contributed by atoms with Gasteiger partial charge < -0.3 is 114 Å². The maximum absolute atomic E-state index is 14.7. The van der Waals surface area contributed by atoms with E-state index in [0.29, 0.717) is 38.2 Å². The van der Waals surface area contributed by atoms with Gasteiger partial charge in [0.05, 0.1) is 45.2 Å². The first-order valence-electron chi connectivity index (χ1n) is 26.8. The maximum Gasteiger partial charge on any atom is 0.197 e. The zero-order chi connectivity index (χ0) is 53.1. The molecule has 10 aliphatic rings. The highest BCUT2D eigenvalue weighted by Gasteiger charge is 2.73. The number of rotatable bonds is 11. The second-order valence-electron chi connectivity index (χ2n) is 23.9. The molecule has 0 amide bonds. The molecule has 10 rings (SSSR count). The summed E-state index contributed by atoms with van der Waals surface area (Å²) >= 11 is 0. The van der Waals surface area contributed by atoms with Gasteiger partial charge in [-0.15, -0.1) is 0 Å². The van der Waals surface area contributed by atoms with Crippen molar-refractivity contribution < 1.29 is 119 Å². The van der Waals surface area contributed by atoms with E-state index >= 15 is 0 Å². The molecule has 74 heavy (non-hydrogen) atoms. The molecule has 24 nitrogen and oxygen atoms in total.